The molecule has 166 valence electrons. The van der Waals surface area contributed by atoms with Gasteiger partial charge >= 0.3 is 0 Å². The van der Waals surface area contributed by atoms with Gasteiger partial charge in [0.25, 0.3) is 11.8 Å². The molecule has 31 heavy (non-hydrogen) atoms. The zero-order valence-corrected chi connectivity index (χ0v) is 18.7. The van der Waals surface area contributed by atoms with E-state index in [1.165, 1.54) is 0 Å². The van der Waals surface area contributed by atoms with E-state index >= 15 is 0 Å². The van der Waals surface area contributed by atoms with E-state index in [0.29, 0.717) is 29.9 Å². The van der Waals surface area contributed by atoms with Crippen LogP contribution in [0.15, 0.2) is 48.5 Å². The van der Waals surface area contributed by atoms with Gasteiger partial charge in [-0.2, -0.15) is 0 Å². The first-order valence-corrected chi connectivity index (χ1v) is 10.7. The number of carbonyl (C=O) groups excluding carboxylic acids is 3. The first kappa shape index (κ1) is 23.9. The summed E-state index contributed by atoms with van der Waals surface area (Å²) in [7, 11) is 0. The van der Waals surface area contributed by atoms with Crippen LogP contribution in [-0.4, -0.2) is 48.3 Å². The molecule has 0 bridgehead atoms. The lowest BCUT2D eigenvalue weighted by Crippen LogP contribution is -2.31. The van der Waals surface area contributed by atoms with Crippen molar-refractivity contribution in [1.82, 2.24) is 10.2 Å². The summed E-state index contributed by atoms with van der Waals surface area (Å²) in [6.45, 7) is 9.28. The summed E-state index contributed by atoms with van der Waals surface area (Å²) in [4.78, 5) is 38.4. The molecule has 0 aliphatic rings. The van der Waals surface area contributed by atoms with Gasteiger partial charge in [0.2, 0.25) is 5.91 Å². The molecule has 0 fully saturated rings. The highest BCUT2D eigenvalue weighted by molar-refractivity contribution is 5.97. The third-order valence-electron chi connectivity index (χ3n) is 5.06. The Morgan fingerprint density at radius 2 is 1.39 bits per heavy atom. The molecule has 0 heterocycles. The van der Waals surface area contributed by atoms with Gasteiger partial charge in [-0.15, -0.1) is 0 Å². The van der Waals surface area contributed by atoms with Gasteiger partial charge in [0.1, 0.15) is 0 Å². The molecule has 0 radical (unpaired) electrons. The molecule has 1 atom stereocenters. The van der Waals surface area contributed by atoms with E-state index in [2.05, 4.69) is 16.0 Å². The Labute approximate surface area is 184 Å². The summed E-state index contributed by atoms with van der Waals surface area (Å²) in [6.07, 6.45) is 0.863. The van der Waals surface area contributed by atoms with Crippen LogP contribution in [0.1, 0.15) is 54.8 Å². The van der Waals surface area contributed by atoms with Crippen LogP contribution in [0.2, 0.25) is 0 Å². The summed E-state index contributed by atoms with van der Waals surface area (Å²) in [5, 5.41) is 8.75. The standard InChI is InChI=1S/C24H32N4O3/c1-5-17(4)26-23(30)18-8-14-21(15-9-18)27-22(29)16-25-20-12-10-19(11-13-20)24(31)28(6-2)7-3/h8-15,17,25H,5-7,16H2,1-4H3,(H,26,30)(H,27,29). The highest BCUT2D eigenvalue weighted by atomic mass is 16.2. The molecular formula is C24H32N4O3. The molecule has 0 aromatic heterocycles. The van der Waals surface area contributed by atoms with Crippen molar-refractivity contribution >= 4 is 29.1 Å². The summed E-state index contributed by atoms with van der Waals surface area (Å²) in [5.74, 6) is -0.340. The van der Waals surface area contributed by atoms with Crippen LogP contribution in [0.3, 0.4) is 0 Å². The van der Waals surface area contributed by atoms with Crippen LogP contribution in [-0.2, 0) is 4.79 Å². The quantitative estimate of drug-likeness (QED) is 0.542. The SMILES string of the molecule is CCC(C)NC(=O)c1ccc(NC(=O)CNc2ccc(C(=O)N(CC)CC)cc2)cc1. The van der Waals surface area contributed by atoms with Gasteiger partial charge in [-0.25, -0.2) is 0 Å². The number of hydrogen-bond donors (Lipinski definition) is 3. The highest BCUT2D eigenvalue weighted by Gasteiger charge is 2.12. The van der Waals surface area contributed by atoms with Gasteiger partial charge < -0.3 is 20.9 Å². The summed E-state index contributed by atoms with van der Waals surface area (Å²) < 4.78 is 0. The minimum atomic E-state index is -0.208. The van der Waals surface area contributed by atoms with E-state index < -0.39 is 0 Å². The number of anilines is 2. The Hall–Kier alpha value is -3.35. The molecule has 3 amide bonds. The molecule has 7 heteroatoms. The Bertz CT molecular complexity index is 875. The predicted octanol–water partition coefficient (Wildman–Crippen LogP) is 3.75. The van der Waals surface area contributed by atoms with E-state index in [1.54, 1.807) is 53.4 Å². The van der Waals surface area contributed by atoms with Gasteiger partial charge in [-0.1, -0.05) is 6.92 Å². The molecule has 0 aliphatic heterocycles. The number of rotatable bonds is 10. The van der Waals surface area contributed by atoms with Crippen LogP contribution >= 0.6 is 0 Å². The Morgan fingerprint density at radius 1 is 0.839 bits per heavy atom. The fraction of sp³-hybridized carbons (Fsp3) is 0.375. The van der Waals surface area contributed by atoms with Crippen molar-refractivity contribution in [3.8, 4) is 0 Å². The van der Waals surface area contributed by atoms with E-state index in [1.807, 2.05) is 27.7 Å². The first-order chi connectivity index (χ1) is 14.9. The molecule has 0 saturated carbocycles. The Kier molecular flexibility index (Phi) is 9.06. The number of hydrogen-bond acceptors (Lipinski definition) is 4. The van der Waals surface area contributed by atoms with E-state index in [-0.39, 0.29) is 30.3 Å². The lowest BCUT2D eigenvalue weighted by Gasteiger charge is -2.18. The number of carbonyl (C=O) groups is 3. The molecule has 2 aromatic rings. The minimum absolute atomic E-state index is 0.00410. The fourth-order valence-electron chi connectivity index (χ4n) is 2.93. The van der Waals surface area contributed by atoms with Gasteiger partial charge in [0.15, 0.2) is 0 Å². The third-order valence-corrected chi connectivity index (χ3v) is 5.06. The van der Waals surface area contributed by atoms with Crippen LogP contribution in [0.4, 0.5) is 11.4 Å². The Morgan fingerprint density at radius 3 is 1.94 bits per heavy atom. The fourth-order valence-corrected chi connectivity index (χ4v) is 2.93. The van der Waals surface area contributed by atoms with Gasteiger partial charge in [0, 0.05) is 41.6 Å². The smallest absolute Gasteiger partial charge is 0.253 e. The maximum absolute atomic E-state index is 12.3. The van der Waals surface area contributed by atoms with Crippen LogP contribution in [0.5, 0.6) is 0 Å². The molecular weight excluding hydrogens is 392 g/mol. The third kappa shape index (κ3) is 7.13. The highest BCUT2D eigenvalue weighted by Crippen LogP contribution is 2.13. The average Bonchev–Trinajstić information content (AvgIpc) is 2.79. The van der Waals surface area contributed by atoms with E-state index in [0.717, 1.165) is 12.1 Å². The second-order valence-corrected chi connectivity index (χ2v) is 7.32. The molecule has 7 nitrogen and oxygen atoms in total. The van der Waals surface area contributed by atoms with E-state index in [4.69, 9.17) is 0 Å². The monoisotopic (exact) mass is 424 g/mol. The van der Waals surface area contributed by atoms with Crippen LogP contribution in [0, 0.1) is 0 Å². The molecule has 0 aliphatic carbocycles. The lowest BCUT2D eigenvalue weighted by atomic mass is 10.1. The van der Waals surface area contributed by atoms with Crippen molar-refractivity contribution in [3.63, 3.8) is 0 Å². The molecule has 2 aromatic carbocycles. The number of nitrogens with one attached hydrogen (secondary N) is 3. The second kappa shape index (κ2) is 11.7. The molecule has 1 unspecified atom stereocenters. The zero-order chi connectivity index (χ0) is 22.8. The van der Waals surface area contributed by atoms with Crippen LogP contribution in [0.25, 0.3) is 0 Å². The predicted molar refractivity (Wildman–Crippen MR) is 124 cm³/mol. The number of benzene rings is 2. The largest absolute Gasteiger partial charge is 0.376 e. The van der Waals surface area contributed by atoms with Crippen molar-refractivity contribution in [2.75, 3.05) is 30.3 Å². The normalized spacial score (nSPS) is 11.4. The topological polar surface area (TPSA) is 90.5 Å². The molecule has 0 saturated heterocycles. The lowest BCUT2D eigenvalue weighted by molar-refractivity contribution is -0.114. The van der Waals surface area contributed by atoms with Crippen molar-refractivity contribution in [2.45, 2.75) is 40.2 Å². The van der Waals surface area contributed by atoms with Crippen molar-refractivity contribution in [2.24, 2.45) is 0 Å². The molecule has 3 N–H and O–H groups in total. The average molecular weight is 425 g/mol. The minimum Gasteiger partial charge on any atom is -0.376 e. The zero-order valence-electron chi connectivity index (χ0n) is 18.7. The van der Waals surface area contributed by atoms with Crippen molar-refractivity contribution in [3.05, 3.63) is 59.7 Å². The molecule has 2 rings (SSSR count). The maximum atomic E-state index is 12.3. The Balaban J connectivity index is 1.85. The van der Waals surface area contributed by atoms with Gasteiger partial charge in [-0.05, 0) is 75.7 Å². The number of nitrogens with zero attached hydrogens (tertiary/aromatic N) is 1. The van der Waals surface area contributed by atoms with Crippen molar-refractivity contribution in [1.29, 1.82) is 0 Å². The van der Waals surface area contributed by atoms with Crippen LogP contribution < -0.4 is 16.0 Å². The first-order valence-electron chi connectivity index (χ1n) is 10.7. The van der Waals surface area contributed by atoms with Crippen molar-refractivity contribution < 1.29 is 14.4 Å². The summed E-state index contributed by atoms with van der Waals surface area (Å²) in [6, 6.07) is 14.0. The number of amides is 3. The summed E-state index contributed by atoms with van der Waals surface area (Å²) >= 11 is 0. The second-order valence-electron chi connectivity index (χ2n) is 7.32. The maximum Gasteiger partial charge on any atom is 0.253 e. The van der Waals surface area contributed by atoms with E-state index in [9.17, 15) is 14.4 Å². The molecule has 0 spiro atoms. The van der Waals surface area contributed by atoms with Gasteiger partial charge in [-0.3, -0.25) is 14.4 Å². The summed E-state index contributed by atoms with van der Waals surface area (Å²) in [5.41, 5.74) is 2.54. The van der Waals surface area contributed by atoms with Gasteiger partial charge in [0.05, 0.1) is 6.54 Å².